The zero-order valence-electron chi connectivity index (χ0n) is 10.6. The summed E-state index contributed by atoms with van der Waals surface area (Å²) in [5.74, 6) is 0. The van der Waals surface area contributed by atoms with Crippen LogP contribution >= 0.6 is 0 Å². The number of unbranched alkanes of at least 4 members (excludes halogenated alkanes) is 1. The Morgan fingerprint density at radius 3 is 2.71 bits per heavy atom. The Morgan fingerprint density at radius 1 is 1.12 bits per heavy atom. The molecule has 2 rings (SSSR count). The summed E-state index contributed by atoms with van der Waals surface area (Å²) < 4.78 is 0. The van der Waals surface area contributed by atoms with Crippen LogP contribution in [0.25, 0.3) is 0 Å². The van der Waals surface area contributed by atoms with Crippen molar-refractivity contribution in [1.82, 2.24) is 4.90 Å². The summed E-state index contributed by atoms with van der Waals surface area (Å²) >= 11 is 0. The zero-order chi connectivity index (χ0) is 11.9. The minimum atomic E-state index is 0.641. The second-order valence-corrected chi connectivity index (χ2v) is 4.95. The van der Waals surface area contributed by atoms with Gasteiger partial charge in [0.1, 0.15) is 0 Å². The molecule has 0 bridgehead atoms. The third-order valence-corrected chi connectivity index (χ3v) is 3.70. The summed E-state index contributed by atoms with van der Waals surface area (Å²) in [4.78, 5) is 2.65. The summed E-state index contributed by atoms with van der Waals surface area (Å²) in [5, 5.41) is 0. The largest absolute Gasteiger partial charge is 0.330 e. The van der Waals surface area contributed by atoms with Crippen LogP contribution in [0.4, 0.5) is 0 Å². The molecule has 1 aromatic carbocycles. The van der Waals surface area contributed by atoms with Crippen LogP contribution in [0.5, 0.6) is 0 Å². The van der Waals surface area contributed by atoms with Crippen LogP contribution in [0.15, 0.2) is 30.3 Å². The van der Waals surface area contributed by atoms with Gasteiger partial charge in [-0.05, 0) is 50.9 Å². The summed E-state index contributed by atoms with van der Waals surface area (Å²) in [6.45, 7) is 3.28. The Hall–Kier alpha value is -0.860. The lowest BCUT2D eigenvalue weighted by Crippen LogP contribution is -2.34. The van der Waals surface area contributed by atoms with Gasteiger partial charge in [0.25, 0.3) is 0 Å². The molecule has 17 heavy (non-hydrogen) atoms. The molecular formula is C15H24N2. The maximum absolute atomic E-state index is 5.57. The molecule has 2 heteroatoms. The van der Waals surface area contributed by atoms with Crippen LogP contribution in [-0.2, 0) is 0 Å². The van der Waals surface area contributed by atoms with Crippen molar-refractivity contribution in [3.63, 3.8) is 0 Å². The smallest absolute Gasteiger partial charge is 0.0348 e. The maximum Gasteiger partial charge on any atom is 0.0348 e. The van der Waals surface area contributed by atoms with E-state index < -0.39 is 0 Å². The van der Waals surface area contributed by atoms with Crippen LogP contribution in [0.2, 0.25) is 0 Å². The Bertz CT molecular complexity index is 310. The number of hydrogen-bond acceptors (Lipinski definition) is 2. The highest BCUT2D eigenvalue weighted by Crippen LogP contribution is 2.30. The van der Waals surface area contributed by atoms with E-state index in [2.05, 4.69) is 35.2 Å². The van der Waals surface area contributed by atoms with Gasteiger partial charge in [-0.3, -0.25) is 4.90 Å². The van der Waals surface area contributed by atoms with Crippen molar-refractivity contribution in [2.45, 2.75) is 38.1 Å². The molecule has 1 aliphatic rings. The van der Waals surface area contributed by atoms with E-state index in [1.54, 1.807) is 0 Å². The minimum absolute atomic E-state index is 0.641. The molecule has 1 saturated heterocycles. The Kier molecular flexibility index (Phi) is 5.02. The molecule has 0 radical (unpaired) electrons. The standard InChI is InChI=1S/C15H24N2/c16-11-5-7-13-17-12-6-4-10-15(17)14-8-2-1-3-9-14/h1-3,8-9,15H,4-7,10-13,16H2. The van der Waals surface area contributed by atoms with E-state index in [-0.39, 0.29) is 0 Å². The van der Waals surface area contributed by atoms with Crippen LogP contribution in [-0.4, -0.2) is 24.5 Å². The average Bonchev–Trinajstić information content (AvgIpc) is 2.41. The predicted molar refractivity (Wildman–Crippen MR) is 72.9 cm³/mol. The van der Waals surface area contributed by atoms with E-state index in [4.69, 9.17) is 5.73 Å². The lowest BCUT2D eigenvalue weighted by molar-refractivity contribution is 0.146. The Balaban J connectivity index is 1.97. The Morgan fingerprint density at radius 2 is 1.94 bits per heavy atom. The van der Waals surface area contributed by atoms with E-state index in [1.807, 2.05) is 0 Å². The monoisotopic (exact) mass is 232 g/mol. The normalized spacial score (nSPS) is 21.6. The van der Waals surface area contributed by atoms with Crippen molar-refractivity contribution in [2.24, 2.45) is 5.73 Å². The summed E-state index contributed by atoms with van der Waals surface area (Å²) in [6.07, 6.45) is 6.42. The molecule has 1 fully saturated rings. The fraction of sp³-hybridized carbons (Fsp3) is 0.600. The lowest BCUT2D eigenvalue weighted by Gasteiger charge is -2.36. The van der Waals surface area contributed by atoms with E-state index >= 15 is 0 Å². The Labute approximate surface area is 105 Å². The maximum atomic E-state index is 5.57. The van der Waals surface area contributed by atoms with Crippen LogP contribution in [0, 0.1) is 0 Å². The van der Waals surface area contributed by atoms with Gasteiger partial charge in [-0.15, -0.1) is 0 Å². The van der Waals surface area contributed by atoms with Crippen molar-refractivity contribution in [3.05, 3.63) is 35.9 Å². The minimum Gasteiger partial charge on any atom is -0.330 e. The molecule has 0 spiro atoms. The van der Waals surface area contributed by atoms with E-state index in [0.717, 1.165) is 13.0 Å². The first kappa shape index (κ1) is 12.6. The second kappa shape index (κ2) is 6.77. The third kappa shape index (κ3) is 3.55. The van der Waals surface area contributed by atoms with Crippen molar-refractivity contribution in [2.75, 3.05) is 19.6 Å². The highest BCUT2D eigenvalue weighted by atomic mass is 15.2. The highest BCUT2D eigenvalue weighted by molar-refractivity contribution is 5.19. The van der Waals surface area contributed by atoms with Crippen molar-refractivity contribution < 1.29 is 0 Å². The van der Waals surface area contributed by atoms with Crippen molar-refractivity contribution in [3.8, 4) is 0 Å². The van der Waals surface area contributed by atoms with Gasteiger partial charge < -0.3 is 5.73 Å². The van der Waals surface area contributed by atoms with Crippen molar-refractivity contribution in [1.29, 1.82) is 0 Å². The summed E-state index contributed by atoms with van der Waals surface area (Å²) in [5.41, 5.74) is 7.06. The quantitative estimate of drug-likeness (QED) is 0.791. The molecule has 1 unspecified atom stereocenters. The molecule has 0 aromatic heterocycles. The van der Waals surface area contributed by atoms with Gasteiger partial charge in [0.2, 0.25) is 0 Å². The number of hydrogen-bond donors (Lipinski definition) is 1. The zero-order valence-corrected chi connectivity index (χ0v) is 10.6. The van der Waals surface area contributed by atoms with E-state index in [9.17, 15) is 0 Å². The lowest BCUT2D eigenvalue weighted by atomic mass is 9.95. The summed E-state index contributed by atoms with van der Waals surface area (Å²) in [6, 6.07) is 11.6. The predicted octanol–water partition coefficient (Wildman–Crippen LogP) is 2.95. The molecule has 1 atom stereocenters. The van der Waals surface area contributed by atoms with Gasteiger partial charge in [-0.1, -0.05) is 36.8 Å². The van der Waals surface area contributed by atoms with Crippen molar-refractivity contribution >= 4 is 0 Å². The number of rotatable bonds is 5. The van der Waals surface area contributed by atoms with Crippen LogP contribution < -0.4 is 5.73 Å². The fourth-order valence-electron chi connectivity index (χ4n) is 2.77. The summed E-state index contributed by atoms with van der Waals surface area (Å²) in [7, 11) is 0. The molecular weight excluding hydrogens is 208 g/mol. The average molecular weight is 232 g/mol. The van der Waals surface area contributed by atoms with Crippen LogP contribution in [0.3, 0.4) is 0 Å². The molecule has 2 nitrogen and oxygen atoms in total. The van der Waals surface area contributed by atoms with Gasteiger partial charge in [0.15, 0.2) is 0 Å². The number of nitrogens with two attached hydrogens (primary N) is 1. The fourth-order valence-corrected chi connectivity index (χ4v) is 2.77. The van der Waals surface area contributed by atoms with E-state index in [1.165, 1.54) is 44.3 Å². The van der Waals surface area contributed by atoms with Gasteiger partial charge in [0.05, 0.1) is 0 Å². The molecule has 94 valence electrons. The molecule has 2 N–H and O–H groups in total. The third-order valence-electron chi connectivity index (χ3n) is 3.70. The molecule has 1 aromatic rings. The number of benzene rings is 1. The first-order valence-corrected chi connectivity index (χ1v) is 6.91. The SMILES string of the molecule is NCCCCN1CCCCC1c1ccccc1. The van der Waals surface area contributed by atoms with E-state index in [0.29, 0.717) is 6.04 Å². The first-order valence-electron chi connectivity index (χ1n) is 6.91. The molecule has 1 heterocycles. The van der Waals surface area contributed by atoms with Gasteiger partial charge in [-0.2, -0.15) is 0 Å². The highest BCUT2D eigenvalue weighted by Gasteiger charge is 2.22. The number of nitrogens with zero attached hydrogens (tertiary/aromatic N) is 1. The van der Waals surface area contributed by atoms with Gasteiger partial charge in [-0.25, -0.2) is 0 Å². The topological polar surface area (TPSA) is 29.3 Å². The second-order valence-electron chi connectivity index (χ2n) is 4.95. The molecule has 1 aliphatic heterocycles. The molecule has 0 saturated carbocycles. The molecule has 0 amide bonds. The number of piperidine rings is 1. The first-order chi connectivity index (χ1) is 8.42. The molecule has 0 aliphatic carbocycles. The number of likely N-dealkylation sites (tertiary alicyclic amines) is 1. The van der Waals surface area contributed by atoms with Gasteiger partial charge >= 0.3 is 0 Å². The van der Waals surface area contributed by atoms with Gasteiger partial charge in [0, 0.05) is 6.04 Å². The van der Waals surface area contributed by atoms with Crippen LogP contribution in [0.1, 0.15) is 43.7 Å².